The highest BCUT2D eigenvalue weighted by molar-refractivity contribution is 5.97. The summed E-state index contributed by atoms with van der Waals surface area (Å²) in [7, 11) is 0. The number of aryl methyl sites for hydroxylation is 1. The molecule has 2 heterocycles. The average Bonchev–Trinajstić information content (AvgIpc) is 3.09. The molecule has 0 aliphatic carbocycles. The minimum absolute atomic E-state index is 0.155. The fraction of sp³-hybridized carbons (Fsp3) is 0.565. The number of rotatable bonds is 5. The zero-order chi connectivity index (χ0) is 20.4. The Balaban J connectivity index is 2.09. The summed E-state index contributed by atoms with van der Waals surface area (Å²) in [5.74, 6) is 0.563. The number of likely N-dealkylation sites (N-methyl/N-ethyl adjacent to an activating group) is 1. The van der Waals surface area contributed by atoms with Gasteiger partial charge in [-0.25, -0.2) is 4.68 Å². The Bertz CT molecular complexity index is 829. The lowest BCUT2D eigenvalue weighted by atomic mass is 9.97. The quantitative estimate of drug-likeness (QED) is 0.863. The number of benzene rings is 1. The van der Waals surface area contributed by atoms with Gasteiger partial charge in [0, 0.05) is 0 Å². The van der Waals surface area contributed by atoms with Gasteiger partial charge in [0.1, 0.15) is 0 Å². The van der Waals surface area contributed by atoms with E-state index in [1.165, 1.54) is 5.56 Å². The van der Waals surface area contributed by atoms with E-state index in [1.54, 1.807) is 4.90 Å². The van der Waals surface area contributed by atoms with Gasteiger partial charge in [-0.3, -0.25) is 4.79 Å². The molecule has 1 saturated heterocycles. The second-order valence-corrected chi connectivity index (χ2v) is 8.55. The van der Waals surface area contributed by atoms with Crippen LogP contribution in [0.1, 0.15) is 73.8 Å². The van der Waals surface area contributed by atoms with Crippen molar-refractivity contribution in [3.8, 4) is 5.69 Å². The number of amides is 1. The monoisotopic (exact) mass is 383 g/mol. The van der Waals surface area contributed by atoms with E-state index in [1.807, 2.05) is 21.7 Å². The first-order chi connectivity index (χ1) is 13.3. The van der Waals surface area contributed by atoms with Gasteiger partial charge in [0.25, 0.3) is 5.91 Å². The number of carbonyl (C=O) groups excluding carboxylic acids is 1. The Morgan fingerprint density at radius 2 is 1.75 bits per heavy atom. The Morgan fingerprint density at radius 3 is 2.29 bits per heavy atom. The topological polar surface area (TPSA) is 42.6 Å². The number of hydrogen-bond donors (Lipinski definition) is 1. The third-order valence-corrected chi connectivity index (χ3v) is 5.86. The first kappa shape index (κ1) is 20.6. The largest absolute Gasteiger partial charge is 0.332 e. The van der Waals surface area contributed by atoms with Crippen LogP contribution in [0.25, 0.3) is 5.69 Å². The molecule has 0 atom stereocenters. The second kappa shape index (κ2) is 8.48. The summed E-state index contributed by atoms with van der Waals surface area (Å²) in [5.41, 5.74) is 5.01. The maximum atomic E-state index is 13.6. The molecule has 0 saturated carbocycles. The highest BCUT2D eigenvalue weighted by atomic mass is 16.2. The van der Waals surface area contributed by atoms with Crippen LogP contribution >= 0.6 is 0 Å². The fourth-order valence-corrected chi connectivity index (χ4v) is 4.13. The van der Waals surface area contributed by atoms with Gasteiger partial charge in [-0.2, -0.15) is 5.10 Å². The summed E-state index contributed by atoms with van der Waals surface area (Å²) < 4.78 is 2.02. The molecule has 5 nitrogen and oxygen atoms in total. The fourth-order valence-electron chi connectivity index (χ4n) is 4.13. The third kappa shape index (κ3) is 3.86. The van der Waals surface area contributed by atoms with Crippen LogP contribution in [-0.4, -0.2) is 53.3 Å². The van der Waals surface area contributed by atoms with Crippen molar-refractivity contribution in [1.29, 1.82) is 0 Å². The van der Waals surface area contributed by atoms with Crippen LogP contribution in [-0.2, 0) is 0 Å². The number of nitrogens with zero attached hydrogens (tertiary/aromatic N) is 3. The molecular formula is C23H35N4O+. The van der Waals surface area contributed by atoms with Crippen molar-refractivity contribution in [3.05, 3.63) is 46.8 Å². The van der Waals surface area contributed by atoms with E-state index in [4.69, 9.17) is 5.10 Å². The predicted octanol–water partition coefficient (Wildman–Crippen LogP) is 2.79. The molecule has 1 fully saturated rings. The van der Waals surface area contributed by atoms with E-state index in [0.29, 0.717) is 0 Å². The lowest BCUT2D eigenvalue weighted by Gasteiger charge is -2.32. The second-order valence-electron chi connectivity index (χ2n) is 8.55. The summed E-state index contributed by atoms with van der Waals surface area (Å²) in [6.45, 7) is 17.7. The molecular weight excluding hydrogens is 348 g/mol. The molecule has 28 heavy (non-hydrogen) atoms. The summed E-state index contributed by atoms with van der Waals surface area (Å²) in [4.78, 5) is 17.3. The predicted molar refractivity (Wildman–Crippen MR) is 114 cm³/mol. The maximum absolute atomic E-state index is 13.6. The minimum Gasteiger partial charge on any atom is -0.332 e. The zero-order valence-corrected chi connectivity index (χ0v) is 18.2. The molecule has 152 valence electrons. The van der Waals surface area contributed by atoms with E-state index in [-0.39, 0.29) is 17.7 Å². The average molecular weight is 384 g/mol. The number of piperazine rings is 1. The number of hydrogen-bond acceptors (Lipinski definition) is 2. The first-order valence-electron chi connectivity index (χ1n) is 10.7. The minimum atomic E-state index is 0.155. The van der Waals surface area contributed by atoms with E-state index in [0.717, 1.165) is 55.4 Å². The Hall–Kier alpha value is -2.14. The smallest absolute Gasteiger partial charge is 0.258 e. The zero-order valence-electron chi connectivity index (χ0n) is 18.2. The number of nitrogens with one attached hydrogen (secondary N) is 1. The molecule has 0 bridgehead atoms. The number of para-hydroxylation sites is 1. The van der Waals surface area contributed by atoms with Gasteiger partial charge in [0.2, 0.25) is 0 Å². The van der Waals surface area contributed by atoms with Crippen LogP contribution in [0.5, 0.6) is 0 Å². The normalized spacial score (nSPS) is 15.6. The van der Waals surface area contributed by atoms with E-state index >= 15 is 0 Å². The van der Waals surface area contributed by atoms with Crippen LogP contribution < -0.4 is 4.90 Å². The van der Waals surface area contributed by atoms with E-state index in [9.17, 15) is 4.79 Å². The van der Waals surface area contributed by atoms with Crippen molar-refractivity contribution in [1.82, 2.24) is 14.7 Å². The van der Waals surface area contributed by atoms with Gasteiger partial charge < -0.3 is 9.80 Å². The molecule has 5 heteroatoms. The van der Waals surface area contributed by atoms with Gasteiger partial charge in [-0.1, -0.05) is 45.9 Å². The summed E-state index contributed by atoms with van der Waals surface area (Å²) >= 11 is 0. The SMILES string of the molecule is CC[NH+]1CCN(C(=O)c2c(C(C)C)nn(-c3ccccc3C)c2C(C)C)CC1. The Morgan fingerprint density at radius 1 is 1.11 bits per heavy atom. The molecule has 0 unspecified atom stereocenters. The lowest BCUT2D eigenvalue weighted by Crippen LogP contribution is -3.14. The third-order valence-electron chi connectivity index (χ3n) is 5.86. The van der Waals surface area contributed by atoms with Crippen LogP contribution in [0, 0.1) is 6.92 Å². The van der Waals surface area contributed by atoms with Gasteiger partial charge in [-0.05, 0) is 37.3 Å². The van der Waals surface area contributed by atoms with Crippen molar-refractivity contribution in [3.63, 3.8) is 0 Å². The van der Waals surface area contributed by atoms with Gasteiger partial charge in [-0.15, -0.1) is 0 Å². The molecule has 1 aromatic heterocycles. The number of carbonyl (C=O) groups is 1. The van der Waals surface area contributed by atoms with Crippen LogP contribution in [0.4, 0.5) is 0 Å². The molecule has 1 amide bonds. The van der Waals surface area contributed by atoms with E-state index in [2.05, 4.69) is 53.7 Å². The summed E-state index contributed by atoms with van der Waals surface area (Å²) in [6, 6.07) is 8.28. The summed E-state index contributed by atoms with van der Waals surface area (Å²) in [5, 5.41) is 4.97. The highest BCUT2D eigenvalue weighted by Crippen LogP contribution is 2.31. The first-order valence-corrected chi connectivity index (χ1v) is 10.7. The molecule has 1 aliphatic rings. The molecule has 1 aromatic carbocycles. The van der Waals surface area contributed by atoms with Crippen LogP contribution in [0.2, 0.25) is 0 Å². The molecule has 1 aliphatic heterocycles. The lowest BCUT2D eigenvalue weighted by molar-refractivity contribution is -0.902. The molecule has 0 spiro atoms. The molecule has 1 N–H and O–H groups in total. The summed E-state index contributed by atoms with van der Waals surface area (Å²) in [6.07, 6.45) is 0. The highest BCUT2D eigenvalue weighted by Gasteiger charge is 2.32. The van der Waals surface area contributed by atoms with Crippen molar-refractivity contribution < 1.29 is 9.69 Å². The number of quaternary nitrogens is 1. The molecule has 2 aromatic rings. The van der Waals surface area contributed by atoms with Crippen molar-refractivity contribution in [2.75, 3.05) is 32.7 Å². The maximum Gasteiger partial charge on any atom is 0.258 e. The molecule has 0 radical (unpaired) electrons. The standard InChI is InChI=1S/C23H34N4O/c1-7-25-12-14-26(15-13-25)23(28)20-21(16(2)3)24-27(22(20)17(4)5)19-11-9-8-10-18(19)6/h8-11,16-17H,7,12-15H2,1-6H3/p+1. The van der Waals surface area contributed by atoms with Crippen molar-refractivity contribution >= 4 is 5.91 Å². The van der Waals surface area contributed by atoms with Crippen LogP contribution in [0.15, 0.2) is 24.3 Å². The number of aromatic nitrogens is 2. The Kier molecular flexibility index (Phi) is 6.23. The van der Waals surface area contributed by atoms with E-state index < -0.39 is 0 Å². The van der Waals surface area contributed by atoms with Gasteiger partial charge in [0.15, 0.2) is 0 Å². The Labute approximate surface area is 169 Å². The van der Waals surface area contributed by atoms with Gasteiger partial charge >= 0.3 is 0 Å². The van der Waals surface area contributed by atoms with Gasteiger partial charge in [0.05, 0.1) is 55.4 Å². The van der Waals surface area contributed by atoms with Crippen molar-refractivity contribution in [2.45, 2.75) is 53.4 Å². The van der Waals surface area contributed by atoms with Crippen LogP contribution in [0.3, 0.4) is 0 Å². The van der Waals surface area contributed by atoms with Crippen molar-refractivity contribution in [2.24, 2.45) is 0 Å². The molecule has 3 rings (SSSR count).